The van der Waals surface area contributed by atoms with E-state index < -0.39 is 0 Å². The number of nitrogens with one attached hydrogen (secondary N) is 1. The van der Waals surface area contributed by atoms with Crippen molar-refractivity contribution in [2.24, 2.45) is 0 Å². The van der Waals surface area contributed by atoms with Gasteiger partial charge in [-0.05, 0) is 19.1 Å². The fourth-order valence-corrected chi connectivity index (χ4v) is 1.41. The van der Waals surface area contributed by atoms with Gasteiger partial charge in [0, 0.05) is 11.8 Å². The minimum absolute atomic E-state index is 0.761. The SMILES string of the molecule is COc1ccccc1Nc1cc(C)ncn1. The molecule has 0 aliphatic heterocycles. The molecule has 0 unspecified atom stereocenters. The fourth-order valence-electron chi connectivity index (χ4n) is 1.41. The number of aromatic nitrogens is 2. The zero-order chi connectivity index (χ0) is 11.4. The van der Waals surface area contributed by atoms with Gasteiger partial charge in [0.1, 0.15) is 17.9 Å². The van der Waals surface area contributed by atoms with Gasteiger partial charge in [0.15, 0.2) is 0 Å². The molecule has 0 radical (unpaired) electrons. The maximum absolute atomic E-state index is 5.24. The summed E-state index contributed by atoms with van der Waals surface area (Å²) in [6, 6.07) is 9.59. The van der Waals surface area contributed by atoms with Crippen LogP contribution in [0.1, 0.15) is 5.69 Å². The number of benzene rings is 1. The molecule has 0 spiro atoms. The summed E-state index contributed by atoms with van der Waals surface area (Å²) in [7, 11) is 1.64. The topological polar surface area (TPSA) is 47.0 Å². The van der Waals surface area contributed by atoms with Crippen molar-refractivity contribution in [3.05, 3.63) is 42.4 Å². The predicted octanol–water partition coefficient (Wildman–Crippen LogP) is 2.54. The summed E-state index contributed by atoms with van der Waals surface area (Å²) in [5.74, 6) is 1.55. The van der Waals surface area contributed by atoms with Crippen molar-refractivity contribution in [1.82, 2.24) is 9.97 Å². The molecule has 0 bridgehead atoms. The highest BCUT2D eigenvalue weighted by Crippen LogP contribution is 2.25. The summed E-state index contributed by atoms with van der Waals surface area (Å²) in [6.45, 7) is 1.93. The molecular formula is C12H13N3O. The Labute approximate surface area is 94.3 Å². The maximum atomic E-state index is 5.24. The highest BCUT2D eigenvalue weighted by molar-refractivity contribution is 5.63. The molecule has 0 atom stereocenters. The van der Waals surface area contributed by atoms with Crippen molar-refractivity contribution in [1.29, 1.82) is 0 Å². The zero-order valence-electron chi connectivity index (χ0n) is 9.27. The first-order valence-corrected chi connectivity index (χ1v) is 4.98. The first-order chi connectivity index (χ1) is 7.79. The first kappa shape index (κ1) is 10.4. The minimum Gasteiger partial charge on any atom is -0.495 e. The van der Waals surface area contributed by atoms with Crippen LogP contribution in [0.25, 0.3) is 0 Å². The Kier molecular flexibility index (Phi) is 3.00. The van der Waals surface area contributed by atoms with Crippen molar-refractivity contribution in [3.8, 4) is 5.75 Å². The lowest BCUT2D eigenvalue weighted by atomic mass is 10.3. The van der Waals surface area contributed by atoms with E-state index in [0.29, 0.717) is 0 Å². The monoisotopic (exact) mass is 215 g/mol. The van der Waals surface area contributed by atoms with Crippen LogP contribution in [0.2, 0.25) is 0 Å². The molecule has 0 aliphatic rings. The smallest absolute Gasteiger partial charge is 0.142 e. The van der Waals surface area contributed by atoms with E-state index in [0.717, 1.165) is 22.9 Å². The molecule has 1 heterocycles. The maximum Gasteiger partial charge on any atom is 0.142 e. The normalized spacial score (nSPS) is 9.88. The van der Waals surface area contributed by atoms with Crippen molar-refractivity contribution in [3.63, 3.8) is 0 Å². The van der Waals surface area contributed by atoms with Gasteiger partial charge >= 0.3 is 0 Å². The van der Waals surface area contributed by atoms with Crippen molar-refractivity contribution >= 4 is 11.5 Å². The number of methoxy groups -OCH3 is 1. The summed E-state index contributed by atoms with van der Waals surface area (Å²) < 4.78 is 5.24. The molecule has 0 fully saturated rings. The molecule has 1 N–H and O–H groups in total. The molecule has 0 amide bonds. The van der Waals surface area contributed by atoms with Crippen LogP contribution < -0.4 is 10.1 Å². The third kappa shape index (κ3) is 2.28. The van der Waals surface area contributed by atoms with Crippen molar-refractivity contribution in [2.45, 2.75) is 6.92 Å². The van der Waals surface area contributed by atoms with Gasteiger partial charge in [-0.15, -0.1) is 0 Å². The Balaban J connectivity index is 2.26. The fraction of sp³-hybridized carbons (Fsp3) is 0.167. The molecular weight excluding hydrogens is 202 g/mol. The number of anilines is 2. The van der Waals surface area contributed by atoms with E-state index in [4.69, 9.17) is 4.74 Å². The third-order valence-electron chi connectivity index (χ3n) is 2.17. The molecule has 0 aliphatic carbocycles. The summed E-state index contributed by atoms with van der Waals surface area (Å²) in [6.07, 6.45) is 1.53. The molecule has 16 heavy (non-hydrogen) atoms. The van der Waals surface area contributed by atoms with Gasteiger partial charge in [-0.2, -0.15) is 0 Å². The average molecular weight is 215 g/mol. The standard InChI is InChI=1S/C12H13N3O/c1-9-7-12(14-8-13-9)15-10-5-3-4-6-11(10)16-2/h3-8H,1-2H3,(H,13,14,15). The van der Waals surface area contributed by atoms with Gasteiger partial charge in [0.2, 0.25) is 0 Å². The second-order valence-corrected chi connectivity index (χ2v) is 3.37. The molecule has 82 valence electrons. The van der Waals surface area contributed by atoms with E-state index in [1.807, 2.05) is 37.3 Å². The van der Waals surface area contributed by atoms with Crippen LogP contribution in [0, 0.1) is 6.92 Å². The third-order valence-corrected chi connectivity index (χ3v) is 2.17. The number of rotatable bonds is 3. The minimum atomic E-state index is 0.761. The summed E-state index contributed by atoms with van der Waals surface area (Å²) in [4.78, 5) is 8.17. The van der Waals surface area contributed by atoms with E-state index in [-0.39, 0.29) is 0 Å². The van der Waals surface area contributed by atoms with Crippen molar-refractivity contribution in [2.75, 3.05) is 12.4 Å². The van der Waals surface area contributed by atoms with Gasteiger partial charge < -0.3 is 10.1 Å². The lowest BCUT2D eigenvalue weighted by Gasteiger charge is -2.09. The van der Waals surface area contributed by atoms with Crippen LogP contribution in [0.5, 0.6) is 5.75 Å². The number of aryl methyl sites for hydroxylation is 1. The largest absolute Gasteiger partial charge is 0.495 e. The second kappa shape index (κ2) is 4.61. The molecule has 4 heteroatoms. The second-order valence-electron chi connectivity index (χ2n) is 3.37. The molecule has 1 aromatic carbocycles. The van der Waals surface area contributed by atoms with E-state index in [1.54, 1.807) is 7.11 Å². The van der Waals surface area contributed by atoms with E-state index in [9.17, 15) is 0 Å². The Morgan fingerprint density at radius 2 is 2.00 bits per heavy atom. The van der Waals surface area contributed by atoms with Crippen LogP contribution in [0.3, 0.4) is 0 Å². The lowest BCUT2D eigenvalue weighted by molar-refractivity contribution is 0.417. The highest BCUT2D eigenvalue weighted by atomic mass is 16.5. The average Bonchev–Trinajstić information content (AvgIpc) is 2.30. The number of nitrogens with zero attached hydrogens (tertiary/aromatic N) is 2. The van der Waals surface area contributed by atoms with Gasteiger partial charge in [-0.1, -0.05) is 12.1 Å². The number of hydrogen-bond donors (Lipinski definition) is 1. The van der Waals surface area contributed by atoms with E-state index in [1.165, 1.54) is 6.33 Å². The van der Waals surface area contributed by atoms with Crippen LogP contribution in [0.4, 0.5) is 11.5 Å². The molecule has 0 saturated carbocycles. The molecule has 2 rings (SSSR count). The summed E-state index contributed by atoms with van der Waals surface area (Å²) in [5, 5.41) is 3.19. The lowest BCUT2D eigenvalue weighted by Crippen LogP contribution is -1.97. The number of para-hydroxylation sites is 2. The zero-order valence-corrected chi connectivity index (χ0v) is 9.27. The van der Waals surface area contributed by atoms with E-state index >= 15 is 0 Å². The summed E-state index contributed by atoms with van der Waals surface area (Å²) in [5.41, 5.74) is 1.82. The molecule has 2 aromatic rings. The van der Waals surface area contributed by atoms with Crippen LogP contribution in [-0.2, 0) is 0 Å². The molecule has 0 saturated heterocycles. The predicted molar refractivity (Wildman–Crippen MR) is 63.0 cm³/mol. The number of ether oxygens (including phenoxy) is 1. The Morgan fingerprint density at radius 1 is 1.19 bits per heavy atom. The summed E-state index contributed by atoms with van der Waals surface area (Å²) >= 11 is 0. The molecule has 1 aromatic heterocycles. The van der Waals surface area contributed by atoms with Crippen LogP contribution in [0.15, 0.2) is 36.7 Å². The first-order valence-electron chi connectivity index (χ1n) is 4.98. The quantitative estimate of drug-likeness (QED) is 0.854. The number of hydrogen-bond acceptors (Lipinski definition) is 4. The molecule has 4 nitrogen and oxygen atoms in total. The van der Waals surface area contributed by atoms with Gasteiger partial charge in [0.25, 0.3) is 0 Å². The van der Waals surface area contributed by atoms with Crippen LogP contribution >= 0.6 is 0 Å². The Hall–Kier alpha value is -2.10. The Morgan fingerprint density at radius 3 is 2.75 bits per heavy atom. The van der Waals surface area contributed by atoms with Gasteiger partial charge in [-0.3, -0.25) is 0 Å². The van der Waals surface area contributed by atoms with E-state index in [2.05, 4.69) is 15.3 Å². The Bertz CT molecular complexity index is 485. The van der Waals surface area contributed by atoms with Crippen molar-refractivity contribution < 1.29 is 4.74 Å². The highest BCUT2D eigenvalue weighted by Gasteiger charge is 2.02. The van der Waals surface area contributed by atoms with Gasteiger partial charge in [-0.25, -0.2) is 9.97 Å². The van der Waals surface area contributed by atoms with Gasteiger partial charge in [0.05, 0.1) is 12.8 Å². The van der Waals surface area contributed by atoms with Crippen LogP contribution in [-0.4, -0.2) is 17.1 Å².